The van der Waals surface area contributed by atoms with Gasteiger partial charge in [0.1, 0.15) is 0 Å². The third-order valence-electron chi connectivity index (χ3n) is 3.69. The number of phenols is 2. The van der Waals surface area contributed by atoms with Gasteiger partial charge in [0.25, 0.3) is 0 Å². The number of hydrogen-bond donors (Lipinski definition) is 2. The summed E-state index contributed by atoms with van der Waals surface area (Å²) in [5.41, 5.74) is 0.744. The van der Waals surface area contributed by atoms with Crippen LogP contribution in [-0.4, -0.2) is 37.0 Å². The van der Waals surface area contributed by atoms with E-state index < -0.39 is 0 Å². The summed E-state index contributed by atoms with van der Waals surface area (Å²) in [6, 6.07) is 6.08. The van der Waals surface area contributed by atoms with E-state index in [2.05, 4.69) is 0 Å². The molecule has 1 heterocycles. The summed E-state index contributed by atoms with van der Waals surface area (Å²) < 4.78 is 20.5. The first-order valence-corrected chi connectivity index (χ1v) is 7.34. The molecule has 3 rings (SSSR count). The normalized spacial score (nSPS) is 12.4. The Morgan fingerprint density at radius 1 is 1.16 bits per heavy atom. The number of benzene rings is 2. The summed E-state index contributed by atoms with van der Waals surface area (Å²) in [6.45, 7) is 0.0390. The maximum Gasteiger partial charge on any atom is 0.231 e. The van der Waals surface area contributed by atoms with Crippen LogP contribution in [0.2, 0.25) is 0 Å². The zero-order chi connectivity index (χ0) is 18.0. The Morgan fingerprint density at radius 3 is 2.68 bits per heavy atom. The van der Waals surface area contributed by atoms with E-state index in [9.17, 15) is 15.0 Å². The van der Waals surface area contributed by atoms with Gasteiger partial charge in [-0.25, -0.2) is 0 Å². The molecule has 0 bridgehead atoms. The third kappa shape index (κ3) is 3.03. The number of carbonyl (C=O) groups is 1. The molecule has 2 aromatic carbocycles. The van der Waals surface area contributed by atoms with Crippen molar-refractivity contribution in [3.8, 4) is 34.5 Å². The molecule has 2 aromatic rings. The van der Waals surface area contributed by atoms with Crippen molar-refractivity contribution in [1.82, 2.24) is 0 Å². The van der Waals surface area contributed by atoms with Gasteiger partial charge in [0, 0.05) is 0 Å². The summed E-state index contributed by atoms with van der Waals surface area (Å²) in [6.07, 6.45) is 2.82. The molecular formula is C18H16O7. The highest BCUT2D eigenvalue weighted by molar-refractivity contribution is 6.09. The standard InChI is InChI=1S/C18H16O7/c1-22-14-6-4-11(17(23-2)16(14)21)12(19)5-3-10-7-13(20)18-15(8-10)24-9-25-18/h3-8,20-21H,9H2,1-2H3. The summed E-state index contributed by atoms with van der Waals surface area (Å²) in [4.78, 5) is 12.4. The van der Waals surface area contributed by atoms with Crippen LogP contribution in [0.3, 0.4) is 0 Å². The van der Waals surface area contributed by atoms with Crippen molar-refractivity contribution in [2.24, 2.45) is 0 Å². The maximum absolute atomic E-state index is 12.4. The van der Waals surface area contributed by atoms with Crippen molar-refractivity contribution in [3.63, 3.8) is 0 Å². The lowest BCUT2D eigenvalue weighted by atomic mass is 10.1. The Bertz CT molecular complexity index is 855. The van der Waals surface area contributed by atoms with Gasteiger partial charge < -0.3 is 29.2 Å². The molecule has 0 aromatic heterocycles. The number of methoxy groups -OCH3 is 2. The number of allylic oxidation sites excluding steroid dienone is 1. The van der Waals surface area contributed by atoms with Crippen molar-refractivity contribution < 1.29 is 34.0 Å². The Hall–Kier alpha value is -3.35. The quantitative estimate of drug-likeness (QED) is 0.636. The molecule has 0 unspecified atom stereocenters. The van der Waals surface area contributed by atoms with Crippen molar-refractivity contribution in [2.45, 2.75) is 0 Å². The maximum atomic E-state index is 12.4. The predicted octanol–water partition coefficient (Wildman–Crippen LogP) is 2.74. The Balaban J connectivity index is 1.89. The summed E-state index contributed by atoms with van der Waals surface area (Å²) in [5, 5.41) is 19.9. The molecule has 7 nitrogen and oxygen atoms in total. The van der Waals surface area contributed by atoms with E-state index >= 15 is 0 Å². The lowest BCUT2D eigenvalue weighted by Crippen LogP contribution is -2.00. The van der Waals surface area contributed by atoms with E-state index in [-0.39, 0.29) is 46.9 Å². The van der Waals surface area contributed by atoms with Crippen LogP contribution < -0.4 is 18.9 Å². The Morgan fingerprint density at radius 2 is 1.96 bits per heavy atom. The largest absolute Gasteiger partial charge is 0.504 e. The van der Waals surface area contributed by atoms with Gasteiger partial charge in [0.2, 0.25) is 18.3 Å². The highest BCUT2D eigenvalue weighted by atomic mass is 16.7. The van der Waals surface area contributed by atoms with E-state index in [0.29, 0.717) is 11.3 Å². The van der Waals surface area contributed by atoms with Crippen LogP contribution in [0.1, 0.15) is 15.9 Å². The van der Waals surface area contributed by atoms with Gasteiger partial charge in [0.15, 0.2) is 28.8 Å². The number of ether oxygens (including phenoxy) is 4. The van der Waals surface area contributed by atoms with Gasteiger partial charge in [-0.15, -0.1) is 0 Å². The van der Waals surface area contributed by atoms with E-state index in [4.69, 9.17) is 18.9 Å². The summed E-state index contributed by atoms with van der Waals surface area (Å²) in [5.74, 6) is 0.233. The number of carbonyl (C=O) groups excluding carboxylic acids is 1. The van der Waals surface area contributed by atoms with Gasteiger partial charge in [-0.3, -0.25) is 4.79 Å². The van der Waals surface area contributed by atoms with Crippen LogP contribution in [0.25, 0.3) is 6.08 Å². The molecular weight excluding hydrogens is 328 g/mol. The molecule has 0 fully saturated rings. The zero-order valence-electron chi connectivity index (χ0n) is 13.6. The molecule has 0 radical (unpaired) electrons. The van der Waals surface area contributed by atoms with Gasteiger partial charge in [0.05, 0.1) is 19.8 Å². The molecule has 130 valence electrons. The fourth-order valence-electron chi connectivity index (χ4n) is 2.49. The van der Waals surface area contributed by atoms with Gasteiger partial charge >= 0.3 is 0 Å². The summed E-state index contributed by atoms with van der Waals surface area (Å²) >= 11 is 0. The van der Waals surface area contributed by atoms with Crippen LogP contribution in [0.5, 0.6) is 34.5 Å². The van der Waals surface area contributed by atoms with Gasteiger partial charge in [-0.05, 0) is 35.9 Å². The molecule has 0 amide bonds. The SMILES string of the molecule is COc1ccc(C(=O)C=Cc2cc(O)c3c(c2)OCO3)c(OC)c1O. The Labute approximate surface area is 143 Å². The molecule has 7 heteroatoms. The van der Waals surface area contributed by atoms with Gasteiger partial charge in [-0.1, -0.05) is 6.08 Å². The minimum atomic E-state index is -0.382. The lowest BCUT2D eigenvalue weighted by Gasteiger charge is -2.11. The number of aromatic hydroxyl groups is 2. The third-order valence-corrected chi connectivity index (χ3v) is 3.69. The first kappa shape index (κ1) is 16.5. The summed E-state index contributed by atoms with van der Waals surface area (Å²) in [7, 11) is 2.76. The van der Waals surface area contributed by atoms with Crippen molar-refractivity contribution in [2.75, 3.05) is 21.0 Å². The smallest absolute Gasteiger partial charge is 0.231 e. The molecule has 0 saturated carbocycles. The minimum Gasteiger partial charge on any atom is -0.504 e. The molecule has 1 aliphatic rings. The Kier molecular flexibility index (Phi) is 4.38. The van der Waals surface area contributed by atoms with Crippen LogP contribution in [-0.2, 0) is 0 Å². The first-order valence-electron chi connectivity index (χ1n) is 7.34. The monoisotopic (exact) mass is 344 g/mol. The number of ketones is 1. The average molecular weight is 344 g/mol. The van der Waals surface area contributed by atoms with E-state index in [1.807, 2.05) is 0 Å². The fraction of sp³-hybridized carbons (Fsp3) is 0.167. The highest BCUT2D eigenvalue weighted by Gasteiger charge is 2.20. The van der Waals surface area contributed by atoms with Crippen molar-refractivity contribution in [1.29, 1.82) is 0 Å². The zero-order valence-corrected chi connectivity index (χ0v) is 13.6. The fourth-order valence-corrected chi connectivity index (χ4v) is 2.49. The molecule has 0 spiro atoms. The highest BCUT2D eigenvalue weighted by Crippen LogP contribution is 2.42. The van der Waals surface area contributed by atoms with E-state index in [1.165, 1.54) is 44.6 Å². The topological polar surface area (TPSA) is 94.5 Å². The molecule has 0 saturated heterocycles. The lowest BCUT2D eigenvalue weighted by molar-refractivity contribution is 0.104. The van der Waals surface area contributed by atoms with E-state index in [1.54, 1.807) is 6.07 Å². The second-order valence-corrected chi connectivity index (χ2v) is 5.17. The van der Waals surface area contributed by atoms with Gasteiger partial charge in [-0.2, -0.15) is 0 Å². The number of rotatable bonds is 5. The molecule has 0 atom stereocenters. The number of hydrogen-bond acceptors (Lipinski definition) is 7. The van der Waals surface area contributed by atoms with Crippen LogP contribution >= 0.6 is 0 Å². The second kappa shape index (κ2) is 6.64. The predicted molar refractivity (Wildman–Crippen MR) is 88.8 cm³/mol. The number of phenolic OH excluding ortho intramolecular Hbond substituents is 2. The average Bonchev–Trinajstić information content (AvgIpc) is 3.08. The molecule has 25 heavy (non-hydrogen) atoms. The molecule has 1 aliphatic heterocycles. The molecule has 2 N–H and O–H groups in total. The van der Waals surface area contributed by atoms with Crippen LogP contribution in [0.4, 0.5) is 0 Å². The van der Waals surface area contributed by atoms with Crippen LogP contribution in [0, 0.1) is 0 Å². The minimum absolute atomic E-state index is 0.0301. The van der Waals surface area contributed by atoms with E-state index in [0.717, 1.165) is 0 Å². The first-order chi connectivity index (χ1) is 12.0. The second-order valence-electron chi connectivity index (χ2n) is 5.17. The molecule has 0 aliphatic carbocycles. The van der Waals surface area contributed by atoms with Crippen LogP contribution in [0.15, 0.2) is 30.3 Å². The number of fused-ring (bicyclic) bond motifs is 1. The van der Waals surface area contributed by atoms with Crippen molar-refractivity contribution >= 4 is 11.9 Å². The van der Waals surface area contributed by atoms with Crippen molar-refractivity contribution in [3.05, 3.63) is 41.5 Å².